The lowest BCUT2D eigenvalue weighted by Crippen LogP contribution is -2.28. The minimum atomic E-state index is -0.211. The summed E-state index contributed by atoms with van der Waals surface area (Å²) >= 11 is 0. The van der Waals surface area contributed by atoms with Crippen molar-refractivity contribution in [2.75, 3.05) is 7.11 Å². The molecule has 0 saturated heterocycles. The number of benzene rings is 2. The number of fused-ring (bicyclic) bond motifs is 1. The van der Waals surface area contributed by atoms with Gasteiger partial charge in [-0.25, -0.2) is 0 Å². The third-order valence-corrected chi connectivity index (χ3v) is 5.97. The molecule has 0 spiro atoms. The van der Waals surface area contributed by atoms with Crippen molar-refractivity contribution in [3.8, 4) is 5.75 Å². The van der Waals surface area contributed by atoms with E-state index in [2.05, 4.69) is 63.2 Å². The van der Waals surface area contributed by atoms with Gasteiger partial charge in [0.1, 0.15) is 5.75 Å². The van der Waals surface area contributed by atoms with Crippen LogP contribution in [0.25, 0.3) is 0 Å². The molecule has 2 nitrogen and oxygen atoms in total. The number of ether oxygens (including phenoxy) is 1. The third-order valence-electron chi connectivity index (χ3n) is 5.97. The Morgan fingerprint density at radius 1 is 1.04 bits per heavy atom. The molecule has 0 aromatic heterocycles. The highest BCUT2D eigenvalue weighted by atomic mass is 16.5. The van der Waals surface area contributed by atoms with Crippen molar-refractivity contribution in [2.24, 2.45) is 0 Å². The van der Waals surface area contributed by atoms with Crippen LogP contribution in [0.4, 0.5) is 0 Å². The van der Waals surface area contributed by atoms with Crippen LogP contribution in [0, 0.1) is 0 Å². The highest BCUT2D eigenvalue weighted by molar-refractivity contribution is 5.59. The minimum Gasteiger partial charge on any atom is -0.512 e. The predicted molar refractivity (Wildman–Crippen MR) is 113 cm³/mol. The largest absolute Gasteiger partial charge is 0.512 e. The van der Waals surface area contributed by atoms with Gasteiger partial charge in [-0.3, -0.25) is 0 Å². The average Bonchev–Trinajstić information content (AvgIpc) is 2.94. The van der Waals surface area contributed by atoms with Gasteiger partial charge in [0, 0.05) is 11.8 Å². The SMILES string of the molecule is CC/C(O)=C\C=C(/C)C1(c2ccc(OC)cc2)CC(C)(C)c2ccccc21. The van der Waals surface area contributed by atoms with Crippen molar-refractivity contribution in [1.29, 1.82) is 0 Å². The van der Waals surface area contributed by atoms with Gasteiger partial charge in [0.25, 0.3) is 0 Å². The summed E-state index contributed by atoms with van der Waals surface area (Å²) in [6, 6.07) is 17.2. The van der Waals surface area contributed by atoms with Crippen LogP contribution in [0.3, 0.4) is 0 Å². The van der Waals surface area contributed by atoms with E-state index in [0.717, 1.165) is 12.2 Å². The molecule has 2 aromatic rings. The monoisotopic (exact) mass is 362 g/mol. The molecular formula is C25H30O2. The van der Waals surface area contributed by atoms with E-state index in [1.807, 2.05) is 25.1 Å². The van der Waals surface area contributed by atoms with Gasteiger partial charge in [-0.15, -0.1) is 0 Å². The van der Waals surface area contributed by atoms with Gasteiger partial charge in [-0.05, 0) is 53.7 Å². The van der Waals surface area contributed by atoms with E-state index in [1.165, 1.54) is 22.3 Å². The Morgan fingerprint density at radius 3 is 2.26 bits per heavy atom. The Kier molecular flexibility index (Phi) is 5.19. The standard InChI is InChI=1S/C25H30O2/c1-6-20(26)14-11-18(2)25(19-12-15-21(27-5)16-13-19)17-24(3,4)22-9-7-8-10-23(22)25/h7-16,26H,6,17H2,1-5H3/b18-11+,20-14+. The molecule has 2 heteroatoms. The van der Waals surface area contributed by atoms with Crippen molar-refractivity contribution in [3.63, 3.8) is 0 Å². The van der Waals surface area contributed by atoms with Crippen LogP contribution in [-0.4, -0.2) is 12.2 Å². The molecule has 1 unspecified atom stereocenters. The summed E-state index contributed by atoms with van der Waals surface area (Å²) in [4.78, 5) is 0. The normalized spacial score (nSPS) is 21.8. The van der Waals surface area contributed by atoms with Gasteiger partial charge in [0.15, 0.2) is 0 Å². The average molecular weight is 363 g/mol. The van der Waals surface area contributed by atoms with Crippen LogP contribution in [0.15, 0.2) is 72.0 Å². The molecule has 142 valence electrons. The second-order valence-electron chi connectivity index (χ2n) is 8.10. The van der Waals surface area contributed by atoms with Gasteiger partial charge in [0.05, 0.1) is 12.9 Å². The van der Waals surface area contributed by atoms with E-state index in [0.29, 0.717) is 12.2 Å². The number of hydrogen-bond acceptors (Lipinski definition) is 2. The molecule has 1 aliphatic carbocycles. The number of aliphatic hydroxyl groups excluding tert-OH is 1. The molecule has 27 heavy (non-hydrogen) atoms. The molecule has 0 bridgehead atoms. The first-order valence-electron chi connectivity index (χ1n) is 9.66. The molecule has 1 atom stereocenters. The highest BCUT2D eigenvalue weighted by Crippen LogP contribution is 2.56. The first kappa shape index (κ1) is 19.3. The maximum atomic E-state index is 9.97. The summed E-state index contributed by atoms with van der Waals surface area (Å²) in [7, 11) is 1.70. The fraction of sp³-hybridized carbons (Fsp3) is 0.360. The Balaban J connectivity index is 2.25. The first-order valence-corrected chi connectivity index (χ1v) is 9.66. The van der Waals surface area contributed by atoms with Crippen LogP contribution in [0.2, 0.25) is 0 Å². The van der Waals surface area contributed by atoms with Crippen molar-refractivity contribution < 1.29 is 9.84 Å². The Hall–Kier alpha value is -2.48. The lowest BCUT2D eigenvalue weighted by atomic mass is 9.68. The predicted octanol–water partition coefficient (Wildman–Crippen LogP) is 6.46. The molecule has 1 aliphatic rings. The van der Waals surface area contributed by atoms with Gasteiger partial charge in [0.2, 0.25) is 0 Å². The zero-order valence-electron chi connectivity index (χ0n) is 17.0. The lowest BCUT2D eigenvalue weighted by molar-refractivity contribution is 0.394. The fourth-order valence-electron chi connectivity index (χ4n) is 4.49. The molecule has 0 fully saturated rings. The summed E-state index contributed by atoms with van der Waals surface area (Å²) in [5, 5.41) is 9.97. The number of methoxy groups -OCH3 is 1. The molecule has 0 aliphatic heterocycles. The fourth-order valence-corrected chi connectivity index (χ4v) is 4.49. The molecule has 0 amide bonds. The third kappa shape index (κ3) is 3.29. The van der Waals surface area contributed by atoms with E-state index < -0.39 is 0 Å². The molecule has 3 rings (SSSR count). The van der Waals surface area contributed by atoms with Crippen molar-refractivity contribution in [2.45, 2.75) is 51.4 Å². The number of hydrogen-bond donors (Lipinski definition) is 1. The maximum absolute atomic E-state index is 9.97. The van der Waals surface area contributed by atoms with Crippen LogP contribution in [0.5, 0.6) is 5.75 Å². The zero-order chi connectivity index (χ0) is 19.7. The number of allylic oxidation sites excluding steroid dienone is 4. The number of aliphatic hydroxyl groups is 1. The summed E-state index contributed by atoms with van der Waals surface area (Å²) in [6.45, 7) is 8.79. The summed E-state index contributed by atoms with van der Waals surface area (Å²) < 4.78 is 5.37. The summed E-state index contributed by atoms with van der Waals surface area (Å²) in [6.07, 6.45) is 5.56. The van der Waals surface area contributed by atoms with Gasteiger partial charge < -0.3 is 9.84 Å². The molecule has 2 aromatic carbocycles. The quantitative estimate of drug-likeness (QED) is 0.488. The molecule has 1 N–H and O–H groups in total. The van der Waals surface area contributed by atoms with Gasteiger partial charge >= 0.3 is 0 Å². The van der Waals surface area contributed by atoms with Crippen molar-refractivity contribution in [3.05, 3.63) is 88.7 Å². The maximum Gasteiger partial charge on any atom is 0.118 e. The van der Waals surface area contributed by atoms with E-state index in [9.17, 15) is 5.11 Å². The summed E-state index contributed by atoms with van der Waals surface area (Å²) in [5.41, 5.74) is 5.12. The molecular weight excluding hydrogens is 332 g/mol. The van der Waals surface area contributed by atoms with E-state index in [4.69, 9.17) is 4.74 Å². The molecule has 0 radical (unpaired) electrons. The van der Waals surface area contributed by atoms with Crippen molar-refractivity contribution in [1.82, 2.24) is 0 Å². The topological polar surface area (TPSA) is 29.5 Å². The molecule has 0 heterocycles. The van der Waals surface area contributed by atoms with Gasteiger partial charge in [-0.1, -0.05) is 68.8 Å². The van der Waals surface area contributed by atoms with Crippen LogP contribution in [-0.2, 0) is 10.8 Å². The van der Waals surface area contributed by atoms with E-state index >= 15 is 0 Å². The Bertz CT molecular complexity index is 871. The van der Waals surface area contributed by atoms with Gasteiger partial charge in [-0.2, -0.15) is 0 Å². The van der Waals surface area contributed by atoms with Crippen LogP contribution < -0.4 is 4.74 Å². The van der Waals surface area contributed by atoms with Crippen LogP contribution in [0.1, 0.15) is 57.2 Å². The van der Waals surface area contributed by atoms with Crippen LogP contribution >= 0.6 is 0 Å². The van der Waals surface area contributed by atoms with Crippen molar-refractivity contribution >= 4 is 0 Å². The Morgan fingerprint density at radius 2 is 1.67 bits per heavy atom. The lowest BCUT2D eigenvalue weighted by Gasteiger charge is -2.34. The minimum absolute atomic E-state index is 0.0716. The first-order chi connectivity index (χ1) is 12.8. The second-order valence-corrected chi connectivity index (χ2v) is 8.10. The highest BCUT2D eigenvalue weighted by Gasteiger charge is 2.49. The summed E-state index contributed by atoms with van der Waals surface area (Å²) in [5.74, 6) is 1.27. The Labute approximate surface area is 163 Å². The van der Waals surface area contributed by atoms with E-state index in [1.54, 1.807) is 7.11 Å². The zero-order valence-corrected chi connectivity index (χ0v) is 17.0. The van der Waals surface area contributed by atoms with E-state index in [-0.39, 0.29) is 10.8 Å². The smallest absolute Gasteiger partial charge is 0.118 e. The second kappa shape index (κ2) is 7.26. The number of rotatable bonds is 5. The molecule has 0 saturated carbocycles.